The fourth-order valence-electron chi connectivity index (χ4n) is 3.51. The molecule has 8 heteroatoms. The van der Waals surface area contributed by atoms with E-state index < -0.39 is 12.1 Å². The second-order valence-electron chi connectivity index (χ2n) is 7.35. The van der Waals surface area contributed by atoms with Crippen molar-refractivity contribution in [1.29, 1.82) is 0 Å². The number of alkyl halides is 3. The number of piperidine rings is 1. The first kappa shape index (κ1) is 22.2. The molecule has 1 aliphatic rings. The summed E-state index contributed by atoms with van der Waals surface area (Å²) < 4.78 is 38.0. The van der Waals surface area contributed by atoms with Gasteiger partial charge >= 0.3 is 12.1 Å². The third kappa shape index (κ3) is 6.51. The van der Waals surface area contributed by atoms with Crippen molar-refractivity contribution >= 4 is 17.5 Å². The first-order chi connectivity index (χ1) is 13.2. The smallest absolute Gasteiger partial charge is 0.331 e. The number of benzene rings is 1. The Morgan fingerprint density at radius 1 is 1.36 bits per heavy atom. The van der Waals surface area contributed by atoms with E-state index >= 15 is 0 Å². The molecule has 0 radical (unpaired) electrons. The molecule has 0 bridgehead atoms. The number of amides is 2. The summed E-state index contributed by atoms with van der Waals surface area (Å²) >= 11 is 0. The third-order valence-electron chi connectivity index (χ3n) is 5.14. The highest BCUT2D eigenvalue weighted by molar-refractivity contribution is 5.91. The van der Waals surface area contributed by atoms with E-state index in [0.717, 1.165) is 30.8 Å². The van der Waals surface area contributed by atoms with Crippen LogP contribution in [0.25, 0.3) is 0 Å². The van der Waals surface area contributed by atoms with Crippen molar-refractivity contribution in [3.8, 4) is 0 Å². The second-order valence-corrected chi connectivity index (χ2v) is 7.35. The zero-order chi connectivity index (χ0) is 20.7. The molecule has 28 heavy (non-hydrogen) atoms. The number of hydrogen-bond donors (Lipinski definition) is 2. The van der Waals surface area contributed by atoms with E-state index in [0.29, 0.717) is 23.6 Å². The summed E-state index contributed by atoms with van der Waals surface area (Å²) in [6.07, 6.45) is -2.28. The van der Waals surface area contributed by atoms with Gasteiger partial charge in [-0.05, 0) is 62.4 Å². The van der Waals surface area contributed by atoms with Crippen molar-refractivity contribution in [2.45, 2.75) is 45.8 Å². The minimum Gasteiger partial charge on any atom is -0.331 e. The summed E-state index contributed by atoms with van der Waals surface area (Å²) in [7, 11) is 0. The molecular weight excluding hydrogens is 371 g/mol. The molecule has 1 saturated heterocycles. The number of anilines is 1. The highest BCUT2D eigenvalue weighted by Gasteiger charge is 2.41. The number of nitrogens with zero attached hydrogens (tertiary/aromatic N) is 1. The molecule has 2 amide bonds. The van der Waals surface area contributed by atoms with Gasteiger partial charge in [0.15, 0.2) is 0 Å². The van der Waals surface area contributed by atoms with Gasteiger partial charge in [-0.1, -0.05) is 19.1 Å². The predicted octanol–water partition coefficient (Wildman–Crippen LogP) is 3.56. The lowest BCUT2D eigenvalue weighted by atomic mass is 9.85. The van der Waals surface area contributed by atoms with Crippen molar-refractivity contribution in [3.05, 3.63) is 29.8 Å². The van der Waals surface area contributed by atoms with Gasteiger partial charge in [0.2, 0.25) is 5.91 Å². The Morgan fingerprint density at radius 3 is 2.71 bits per heavy atom. The first-order valence-corrected chi connectivity index (χ1v) is 9.66. The van der Waals surface area contributed by atoms with Crippen LogP contribution in [-0.4, -0.2) is 42.5 Å². The van der Waals surface area contributed by atoms with Gasteiger partial charge in [-0.3, -0.25) is 9.59 Å². The van der Waals surface area contributed by atoms with E-state index in [2.05, 4.69) is 17.6 Å². The highest BCUT2D eigenvalue weighted by Crippen LogP contribution is 2.24. The van der Waals surface area contributed by atoms with Gasteiger partial charge in [0.05, 0.1) is 0 Å². The Labute approximate surface area is 163 Å². The van der Waals surface area contributed by atoms with Gasteiger partial charge in [-0.15, -0.1) is 0 Å². The minimum atomic E-state index is -4.90. The maximum absolute atomic E-state index is 12.7. The van der Waals surface area contributed by atoms with Gasteiger partial charge in [0.25, 0.3) is 0 Å². The Kier molecular flexibility index (Phi) is 7.86. The average Bonchev–Trinajstić information content (AvgIpc) is 2.65. The van der Waals surface area contributed by atoms with Crippen LogP contribution in [0.3, 0.4) is 0 Å². The molecule has 0 saturated carbocycles. The molecule has 1 heterocycles. The molecule has 5 nitrogen and oxygen atoms in total. The van der Waals surface area contributed by atoms with Crippen LogP contribution >= 0.6 is 0 Å². The van der Waals surface area contributed by atoms with E-state index in [4.69, 9.17) is 0 Å². The molecule has 156 valence electrons. The maximum atomic E-state index is 12.7. The van der Waals surface area contributed by atoms with Crippen LogP contribution in [0, 0.1) is 11.8 Å². The summed E-state index contributed by atoms with van der Waals surface area (Å²) in [5.41, 5.74) is 1.05. The number of halogens is 3. The second kappa shape index (κ2) is 9.91. The largest absolute Gasteiger partial charge is 0.471 e. The summed E-state index contributed by atoms with van der Waals surface area (Å²) in [4.78, 5) is 24.5. The van der Waals surface area contributed by atoms with E-state index in [1.165, 1.54) is 6.92 Å². The standard InChI is InChI=1S/C20H28F3N3O2/c1-3-26(19(28)20(21,22)23)13-15-6-4-8-17(11-15)25-18(27)10-14(2)16-7-5-9-24-12-16/h4,6,8,11,14,16,24H,3,5,7,9-10,12-13H2,1-2H3,(H,25,27). The molecule has 2 rings (SSSR count). The Hall–Kier alpha value is -2.09. The van der Waals surface area contributed by atoms with Crippen molar-refractivity contribution in [3.63, 3.8) is 0 Å². The van der Waals surface area contributed by atoms with Gasteiger partial charge < -0.3 is 15.5 Å². The molecule has 2 atom stereocenters. The normalized spacial score (nSPS) is 18.4. The fraction of sp³-hybridized carbons (Fsp3) is 0.600. The highest BCUT2D eigenvalue weighted by atomic mass is 19.4. The molecule has 1 aromatic rings. The van der Waals surface area contributed by atoms with Crippen LogP contribution < -0.4 is 10.6 Å². The summed E-state index contributed by atoms with van der Waals surface area (Å²) in [6, 6.07) is 6.59. The summed E-state index contributed by atoms with van der Waals surface area (Å²) in [6.45, 7) is 5.29. The van der Waals surface area contributed by atoms with E-state index in [1.54, 1.807) is 24.3 Å². The zero-order valence-corrected chi connectivity index (χ0v) is 16.3. The molecule has 2 unspecified atom stereocenters. The van der Waals surface area contributed by atoms with Crippen molar-refractivity contribution in [2.24, 2.45) is 11.8 Å². The van der Waals surface area contributed by atoms with Crippen molar-refractivity contribution in [2.75, 3.05) is 25.0 Å². The molecule has 1 aromatic carbocycles. The van der Waals surface area contributed by atoms with Crippen LogP contribution in [0.1, 0.15) is 38.7 Å². The lowest BCUT2D eigenvalue weighted by Crippen LogP contribution is -2.40. The van der Waals surface area contributed by atoms with Crippen LogP contribution in [0.2, 0.25) is 0 Å². The number of carbonyl (C=O) groups is 2. The maximum Gasteiger partial charge on any atom is 0.471 e. The van der Waals surface area contributed by atoms with Crippen LogP contribution in [0.15, 0.2) is 24.3 Å². The molecule has 1 fully saturated rings. The van der Waals surface area contributed by atoms with E-state index in [-0.39, 0.29) is 24.9 Å². The molecule has 0 aromatic heterocycles. The summed E-state index contributed by atoms with van der Waals surface area (Å²) in [5.74, 6) is -1.26. The number of carbonyl (C=O) groups excluding carboxylic acids is 2. The van der Waals surface area contributed by atoms with Crippen molar-refractivity contribution < 1.29 is 22.8 Å². The molecular formula is C20H28F3N3O2. The number of hydrogen-bond acceptors (Lipinski definition) is 3. The summed E-state index contributed by atoms with van der Waals surface area (Å²) in [5, 5.41) is 6.16. The molecule has 1 aliphatic heterocycles. The predicted molar refractivity (Wildman–Crippen MR) is 102 cm³/mol. The lowest BCUT2D eigenvalue weighted by molar-refractivity contribution is -0.185. The fourth-order valence-corrected chi connectivity index (χ4v) is 3.51. The van der Waals surface area contributed by atoms with Crippen LogP contribution in [-0.2, 0) is 16.1 Å². The topological polar surface area (TPSA) is 61.4 Å². The average molecular weight is 399 g/mol. The van der Waals surface area contributed by atoms with Gasteiger partial charge in [0, 0.05) is 25.2 Å². The van der Waals surface area contributed by atoms with Gasteiger partial charge in [0.1, 0.15) is 0 Å². The molecule has 0 aliphatic carbocycles. The number of nitrogens with one attached hydrogen (secondary N) is 2. The van der Waals surface area contributed by atoms with Crippen molar-refractivity contribution in [1.82, 2.24) is 10.2 Å². The third-order valence-corrected chi connectivity index (χ3v) is 5.14. The monoisotopic (exact) mass is 399 g/mol. The quantitative estimate of drug-likeness (QED) is 0.737. The van der Waals surface area contributed by atoms with Crippen LogP contribution in [0.4, 0.5) is 18.9 Å². The van der Waals surface area contributed by atoms with Crippen LogP contribution in [0.5, 0.6) is 0 Å². The Morgan fingerprint density at radius 2 is 2.11 bits per heavy atom. The Bertz CT molecular complexity index is 673. The first-order valence-electron chi connectivity index (χ1n) is 9.66. The van der Waals surface area contributed by atoms with E-state index in [9.17, 15) is 22.8 Å². The Balaban J connectivity index is 1.94. The molecule has 0 spiro atoms. The zero-order valence-electron chi connectivity index (χ0n) is 16.3. The minimum absolute atomic E-state index is 0.0537. The van der Waals surface area contributed by atoms with Gasteiger partial charge in [-0.2, -0.15) is 13.2 Å². The van der Waals surface area contributed by atoms with Gasteiger partial charge in [-0.25, -0.2) is 0 Å². The molecule has 2 N–H and O–H groups in total. The SMILES string of the molecule is CCN(Cc1cccc(NC(=O)CC(C)C2CCCNC2)c1)C(=O)C(F)(F)F. The lowest BCUT2D eigenvalue weighted by Gasteiger charge is -2.28. The van der Waals surface area contributed by atoms with E-state index in [1.807, 2.05) is 0 Å². The number of rotatable bonds is 7.